The lowest BCUT2D eigenvalue weighted by atomic mass is 9.89. The topological polar surface area (TPSA) is 46.2 Å². The van der Waals surface area contributed by atoms with Gasteiger partial charge in [0.05, 0.1) is 6.10 Å². The molecule has 6 heteroatoms. The minimum Gasteiger partial charge on any atom is -0.388 e. The van der Waals surface area contributed by atoms with Gasteiger partial charge in [-0.05, 0) is 35.4 Å². The summed E-state index contributed by atoms with van der Waals surface area (Å²) in [6.07, 6.45) is -1.24. The molecule has 2 unspecified atom stereocenters. The molecule has 2 atom stereocenters. The van der Waals surface area contributed by atoms with E-state index in [9.17, 15) is 18.3 Å². The van der Waals surface area contributed by atoms with Crippen molar-refractivity contribution in [3.8, 4) is 0 Å². The highest BCUT2D eigenvalue weighted by Crippen LogP contribution is 2.32. The van der Waals surface area contributed by atoms with Crippen LogP contribution in [0.3, 0.4) is 0 Å². The van der Waals surface area contributed by atoms with E-state index in [0.717, 1.165) is 22.2 Å². The van der Waals surface area contributed by atoms with E-state index in [2.05, 4.69) is 15.9 Å². The molecule has 2 aromatic carbocycles. The first-order valence-corrected chi connectivity index (χ1v) is 7.01. The summed E-state index contributed by atoms with van der Waals surface area (Å²) in [6, 6.07) is 8.62. The van der Waals surface area contributed by atoms with Gasteiger partial charge in [0.25, 0.3) is 0 Å². The zero-order valence-corrected chi connectivity index (χ0v) is 12.4. The Labute approximate surface area is 128 Å². The number of halogens is 4. The molecule has 2 nitrogen and oxygen atoms in total. The molecule has 0 heterocycles. The van der Waals surface area contributed by atoms with E-state index in [1.165, 1.54) is 0 Å². The molecule has 0 aliphatic rings. The molecule has 0 bridgehead atoms. The zero-order valence-electron chi connectivity index (χ0n) is 10.9. The van der Waals surface area contributed by atoms with Crippen LogP contribution in [-0.2, 0) is 0 Å². The van der Waals surface area contributed by atoms with E-state index < -0.39 is 29.5 Å². The summed E-state index contributed by atoms with van der Waals surface area (Å²) in [6.45, 7) is 0.0728. The first-order chi connectivity index (χ1) is 9.93. The minimum absolute atomic E-state index is 0.0511. The Bertz CT molecular complexity index is 610. The maximum atomic E-state index is 13.3. The van der Waals surface area contributed by atoms with Gasteiger partial charge >= 0.3 is 0 Å². The van der Waals surface area contributed by atoms with Crippen LogP contribution in [0.1, 0.15) is 23.1 Å². The fraction of sp³-hybridized carbons (Fsp3) is 0.200. The molecule has 0 aliphatic carbocycles. The van der Waals surface area contributed by atoms with Gasteiger partial charge in [-0.3, -0.25) is 0 Å². The molecule has 0 amide bonds. The minimum atomic E-state index is -1.56. The number of rotatable bonds is 4. The Morgan fingerprint density at radius 2 is 1.52 bits per heavy atom. The van der Waals surface area contributed by atoms with Gasteiger partial charge in [-0.25, -0.2) is 13.2 Å². The highest BCUT2D eigenvalue weighted by molar-refractivity contribution is 9.10. The van der Waals surface area contributed by atoms with E-state index in [1.54, 1.807) is 24.3 Å². The summed E-state index contributed by atoms with van der Waals surface area (Å²) < 4.78 is 40.3. The summed E-state index contributed by atoms with van der Waals surface area (Å²) in [4.78, 5) is 0. The molecule has 3 N–H and O–H groups in total. The monoisotopic (exact) mass is 359 g/mol. The Balaban J connectivity index is 2.36. The largest absolute Gasteiger partial charge is 0.388 e. The summed E-state index contributed by atoms with van der Waals surface area (Å²) in [5.41, 5.74) is 6.32. The average molecular weight is 360 g/mol. The Kier molecular flexibility index (Phi) is 5.03. The molecule has 0 radical (unpaired) electrons. The van der Waals surface area contributed by atoms with Crippen LogP contribution >= 0.6 is 15.9 Å². The van der Waals surface area contributed by atoms with Gasteiger partial charge in [0.1, 0.15) is 0 Å². The van der Waals surface area contributed by atoms with E-state index in [0.29, 0.717) is 0 Å². The van der Waals surface area contributed by atoms with Gasteiger partial charge in [-0.1, -0.05) is 28.1 Å². The number of nitrogens with two attached hydrogens (primary N) is 1. The molecular formula is C15H13BrF3NO. The van der Waals surface area contributed by atoms with Crippen LogP contribution in [0.2, 0.25) is 0 Å². The first kappa shape index (κ1) is 16.0. The molecule has 2 rings (SSSR count). The molecule has 0 saturated heterocycles. The van der Waals surface area contributed by atoms with Gasteiger partial charge in [0.15, 0.2) is 17.5 Å². The fourth-order valence-corrected chi connectivity index (χ4v) is 2.40. The van der Waals surface area contributed by atoms with E-state index in [4.69, 9.17) is 5.73 Å². The quantitative estimate of drug-likeness (QED) is 0.818. The number of hydrogen-bond acceptors (Lipinski definition) is 2. The summed E-state index contributed by atoms with van der Waals surface area (Å²) in [7, 11) is 0. The van der Waals surface area contributed by atoms with E-state index >= 15 is 0 Å². The number of aliphatic hydroxyl groups is 1. The maximum absolute atomic E-state index is 13.3. The van der Waals surface area contributed by atoms with Crippen molar-refractivity contribution in [3.05, 3.63) is 69.4 Å². The van der Waals surface area contributed by atoms with Gasteiger partial charge in [-0.2, -0.15) is 0 Å². The highest BCUT2D eigenvalue weighted by atomic mass is 79.9. The van der Waals surface area contributed by atoms with Crippen LogP contribution in [0.25, 0.3) is 0 Å². The molecule has 0 saturated carbocycles. The molecule has 0 fully saturated rings. The van der Waals surface area contributed by atoms with Crippen LogP contribution in [0.4, 0.5) is 13.2 Å². The average Bonchev–Trinajstić information content (AvgIpc) is 2.46. The Hall–Kier alpha value is -1.37. The molecular weight excluding hydrogens is 347 g/mol. The van der Waals surface area contributed by atoms with Gasteiger partial charge in [0.2, 0.25) is 0 Å². The molecule has 112 valence electrons. The van der Waals surface area contributed by atoms with Crippen molar-refractivity contribution in [2.24, 2.45) is 5.73 Å². The van der Waals surface area contributed by atoms with E-state index in [-0.39, 0.29) is 12.1 Å². The van der Waals surface area contributed by atoms with Gasteiger partial charge in [-0.15, -0.1) is 0 Å². The highest BCUT2D eigenvalue weighted by Gasteiger charge is 2.24. The van der Waals surface area contributed by atoms with Crippen LogP contribution in [0, 0.1) is 17.5 Å². The molecule has 0 aliphatic heterocycles. The Morgan fingerprint density at radius 1 is 1.00 bits per heavy atom. The fourth-order valence-electron chi connectivity index (χ4n) is 2.14. The second-order valence-corrected chi connectivity index (χ2v) is 5.55. The molecule has 2 aromatic rings. The smallest absolute Gasteiger partial charge is 0.194 e. The first-order valence-electron chi connectivity index (χ1n) is 6.22. The third-order valence-corrected chi connectivity index (χ3v) is 3.81. The number of aliphatic hydroxyl groups excluding tert-OH is 1. The lowest BCUT2D eigenvalue weighted by Crippen LogP contribution is -2.20. The van der Waals surface area contributed by atoms with E-state index in [1.807, 2.05) is 0 Å². The third-order valence-electron chi connectivity index (χ3n) is 3.28. The second kappa shape index (κ2) is 6.60. The van der Waals surface area contributed by atoms with Crippen molar-refractivity contribution >= 4 is 15.9 Å². The number of benzene rings is 2. The maximum Gasteiger partial charge on any atom is 0.194 e. The van der Waals surface area contributed by atoms with Crippen molar-refractivity contribution < 1.29 is 18.3 Å². The summed E-state index contributed by atoms with van der Waals surface area (Å²) in [5.74, 6) is -4.78. The van der Waals surface area contributed by atoms with Crippen LogP contribution in [0.15, 0.2) is 40.9 Å². The SMILES string of the molecule is NCC(c1ccc(Br)cc1)C(O)c1cc(F)c(F)c(F)c1. The third kappa shape index (κ3) is 3.45. The van der Waals surface area contributed by atoms with Crippen LogP contribution in [-0.4, -0.2) is 11.7 Å². The lowest BCUT2D eigenvalue weighted by molar-refractivity contribution is 0.146. The lowest BCUT2D eigenvalue weighted by Gasteiger charge is -2.22. The second-order valence-electron chi connectivity index (χ2n) is 4.64. The van der Waals surface area contributed by atoms with Crippen LogP contribution < -0.4 is 5.73 Å². The van der Waals surface area contributed by atoms with Crippen molar-refractivity contribution in [2.45, 2.75) is 12.0 Å². The molecule has 21 heavy (non-hydrogen) atoms. The van der Waals surface area contributed by atoms with Crippen molar-refractivity contribution in [3.63, 3.8) is 0 Å². The van der Waals surface area contributed by atoms with Crippen molar-refractivity contribution in [2.75, 3.05) is 6.54 Å². The number of hydrogen-bond donors (Lipinski definition) is 2. The summed E-state index contributed by atoms with van der Waals surface area (Å²) >= 11 is 3.29. The van der Waals surface area contributed by atoms with Crippen LogP contribution in [0.5, 0.6) is 0 Å². The zero-order chi connectivity index (χ0) is 15.6. The van der Waals surface area contributed by atoms with Gasteiger partial charge < -0.3 is 10.8 Å². The molecule has 0 aromatic heterocycles. The molecule has 0 spiro atoms. The standard InChI is InChI=1S/C15H13BrF3NO/c16-10-3-1-8(2-4-10)11(7-20)15(21)9-5-12(17)14(19)13(18)6-9/h1-6,11,15,21H,7,20H2. The Morgan fingerprint density at radius 3 is 2.00 bits per heavy atom. The normalized spacial score (nSPS) is 14.0. The summed E-state index contributed by atoms with van der Waals surface area (Å²) in [5, 5.41) is 10.3. The van der Waals surface area contributed by atoms with Crippen molar-refractivity contribution in [1.82, 2.24) is 0 Å². The predicted molar refractivity (Wildman–Crippen MR) is 77.2 cm³/mol. The van der Waals surface area contributed by atoms with Crippen molar-refractivity contribution in [1.29, 1.82) is 0 Å². The van der Waals surface area contributed by atoms with Gasteiger partial charge in [0, 0.05) is 16.9 Å². The predicted octanol–water partition coefficient (Wildman–Crippen LogP) is 3.64.